The van der Waals surface area contributed by atoms with Crippen LogP contribution in [0.15, 0.2) is 12.1 Å². The first-order valence-electron chi connectivity index (χ1n) is 3.66. The fourth-order valence-electron chi connectivity index (χ4n) is 0.906. The predicted molar refractivity (Wildman–Crippen MR) is 51.8 cm³/mol. The number of hydrogen-bond acceptors (Lipinski definition) is 1. The third-order valence-electron chi connectivity index (χ3n) is 1.79. The van der Waals surface area contributed by atoms with E-state index < -0.39 is 6.10 Å². The van der Waals surface area contributed by atoms with Crippen molar-refractivity contribution >= 4 is 23.2 Å². The van der Waals surface area contributed by atoms with E-state index >= 15 is 0 Å². The van der Waals surface area contributed by atoms with Crippen LogP contribution in [0.5, 0.6) is 0 Å². The summed E-state index contributed by atoms with van der Waals surface area (Å²) in [7, 11) is 0. The van der Waals surface area contributed by atoms with Crippen molar-refractivity contribution in [1.82, 2.24) is 0 Å². The average Bonchev–Trinajstić information content (AvgIpc) is 1.99. The van der Waals surface area contributed by atoms with Crippen molar-refractivity contribution in [2.75, 3.05) is 0 Å². The van der Waals surface area contributed by atoms with Gasteiger partial charge in [0.1, 0.15) is 0 Å². The highest BCUT2D eigenvalue weighted by Gasteiger charge is 2.06. The van der Waals surface area contributed by atoms with Gasteiger partial charge in [-0.1, -0.05) is 23.2 Å². The van der Waals surface area contributed by atoms with Gasteiger partial charge in [-0.15, -0.1) is 0 Å². The van der Waals surface area contributed by atoms with E-state index in [2.05, 4.69) is 0 Å². The molecule has 0 saturated heterocycles. The quantitative estimate of drug-likeness (QED) is 0.745. The summed E-state index contributed by atoms with van der Waals surface area (Å²) in [6.45, 7) is 3.52. The molecule has 0 aromatic heterocycles. The maximum absolute atomic E-state index is 9.25. The molecule has 1 N–H and O–H groups in total. The first-order valence-corrected chi connectivity index (χ1v) is 4.41. The lowest BCUT2D eigenvalue weighted by Gasteiger charge is -2.08. The topological polar surface area (TPSA) is 20.2 Å². The smallest absolute Gasteiger partial charge is 0.0762 e. The van der Waals surface area contributed by atoms with Gasteiger partial charge in [-0.2, -0.15) is 0 Å². The Morgan fingerprint density at radius 3 is 2.00 bits per heavy atom. The monoisotopic (exact) mass is 204 g/mol. The molecule has 0 fully saturated rings. The summed E-state index contributed by atoms with van der Waals surface area (Å²) >= 11 is 11.7. The number of aliphatic hydroxyl groups excluding tert-OH is 1. The number of rotatable bonds is 1. The molecule has 0 bridgehead atoms. The molecule has 0 aliphatic rings. The SMILES string of the molecule is Cc1c(Cl)cc(C(C)O)cc1Cl. The molecule has 1 rings (SSSR count). The van der Waals surface area contributed by atoms with Crippen LogP contribution in [0, 0.1) is 6.92 Å². The van der Waals surface area contributed by atoms with Crippen molar-refractivity contribution in [2.45, 2.75) is 20.0 Å². The number of hydrogen-bond donors (Lipinski definition) is 1. The second kappa shape index (κ2) is 3.65. The fraction of sp³-hybridized carbons (Fsp3) is 0.333. The summed E-state index contributed by atoms with van der Waals surface area (Å²) in [5.74, 6) is 0. The van der Waals surface area contributed by atoms with E-state index in [1.54, 1.807) is 19.1 Å². The summed E-state index contributed by atoms with van der Waals surface area (Å²) in [4.78, 5) is 0. The summed E-state index contributed by atoms with van der Waals surface area (Å²) < 4.78 is 0. The van der Waals surface area contributed by atoms with Gasteiger partial charge in [-0.3, -0.25) is 0 Å². The molecular formula is C9H10Cl2O. The van der Waals surface area contributed by atoms with Crippen LogP contribution >= 0.6 is 23.2 Å². The zero-order valence-corrected chi connectivity index (χ0v) is 8.45. The van der Waals surface area contributed by atoms with Crippen molar-refractivity contribution < 1.29 is 5.11 Å². The molecule has 1 nitrogen and oxygen atoms in total. The zero-order valence-electron chi connectivity index (χ0n) is 6.94. The molecule has 0 heterocycles. The van der Waals surface area contributed by atoms with Crippen LogP contribution in [0.3, 0.4) is 0 Å². The molecule has 1 unspecified atom stereocenters. The lowest BCUT2D eigenvalue weighted by atomic mass is 10.1. The zero-order chi connectivity index (χ0) is 9.30. The Bertz CT molecular complexity index is 272. The Labute approximate surface area is 81.9 Å². The lowest BCUT2D eigenvalue weighted by molar-refractivity contribution is 0.199. The minimum Gasteiger partial charge on any atom is -0.389 e. The molecule has 0 radical (unpaired) electrons. The molecule has 0 saturated carbocycles. The largest absolute Gasteiger partial charge is 0.389 e. The van der Waals surface area contributed by atoms with E-state index in [1.165, 1.54) is 0 Å². The maximum atomic E-state index is 9.25. The maximum Gasteiger partial charge on any atom is 0.0762 e. The van der Waals surface area contributed by atoms with Crippen LogP contribution < -0.4 is 0 Å². The van der Waals surface area contributed by atoms with Gasteiger partial charge in [0.25, 0.3) is 0 Å². The molecule has 1 aromatic carbocycles. The Morgan fingerprint density at radius 2 is 1.67 bits per heavy atom. The van der Waals surface area contributed by atoms with Gasteiger partial charge in [0.05, 0.1) is 6.10 Å². The third kappa shape index (κ3) is 1.92. The van der Waals surface area contributed by atoms with Crippen molar-refractivity contribution in [2.24, 2.45) is 0 Å². The van der Waals surface area contributed by atoms with E-state index in [9.17, 15) is 5.11 Å². The minimum absolute atomic E-state index is 0.527. The molecule has 0 amide bonds. The summed E-state index contributed by atoms with van der Waals surface area (Å²) in [5.41, 5.74) is 1.60. The van der Waals surface area contributed by atoms with Crippen LogP contribution in [0.25, 0.3) is 0 Å². The Balaban J connectivity index is 3.21. The average molecular weight is 205 g/mol. The van der Waals surface area contributed by atoms with Gasteiger partial charge in [0.15, 0.2) is 0 Å². The van der Waals surface area contributed by atoms with E-state index in [4.69, 9.17) is 23.2 Å². The molecule has 3 heteroatoms. The standard InChI is InChI=1S/C9H10Cl2O/c1-5-8(10)3-7(6(2)12)4-9(5)11/h3-4,6,12H,1-2H3. The van der Waals surface area contributed by atoms with Crippen LogP contribution in [0.1, 0.15) is 24.2 Å². The number of halogens is 2. The van der Waals surface area contributed by atoms with E-state index in [-0.39, 0.29) is 0 Å². The van der Waals surface area contributed by atoms with E-state index in [0.717, 1.165) is 11.1 Å². The highest BCUT2D eigenvalue weighted by atomic mass is 35.5. The minimum atomic E-state index is -0.527. The van der Waals surface area contributed by atoms with E-state index in [0.29, 0.717) is 10.0 Å². The lowest BCUT2D eigenvalue weighted by Crippen LogP contribution is -1.92. The summed E-state index contributed by atoms with van der Waals surface area (Å²) in [6.07, 6.45) is -0.527. The first kappa shape index (κ1) is 9.85. The normalized spacial score (nSPS) is 13.1. The molecule has 0 aliphatic heterocycles. The van der Waals surface area contributed by atoms with Gasteiger partial charge in [-0.05, 0) is 37.1 Å². The van der Waals surface area contributed by atoms with Crippen molar-refractivity contribution in [1.29, 1.82) is 0 Å². The van der Waals surface area contributed by atoms with Crippen LogP contribution in [0.4, 0.5) is 0 Å². The van der Waals surface area contributed by atoms with Crippen LogP contribution in [-0.4, -0.2) is 5.11 Å². The van der Waals surface area contributed by atoms with Crippen LogP contribution in [-0.2, 0) is 0 Å². The number of benzene rings is 1. The Morgan fingerprint density at radius 1 is 1.25 bits per heavy atom. The summed E-state index contributed by atoms with van der Waals surface area (Å²) in [6, 6.07) is 3.46. The van der Waals surface area contributed by atoms with Gasteiger partial charge in [0.2, 0.25) is 0 Å². The highest BCUT2D eigenvalue weighted by Crippen LogP contribution is 2.28. The van der Waals surface area contributed by atoms with Crippen LogP contribution in [0.2, 0.25) is 10.0 Å². The van der Waals surface area contributed by atoms with E-state index in [1.807, 2.05) is 6.92 Å². The molecule has 12 heavy (non-hydrogen) atoms. The van der Waals surface area contributed by atoms with Gasteiger partial charge in [0, 0.05) is 10.0 Å². The number of aliphatic hydroxyl groups is 1. The first-order chi connectivity index (χ1) is 5.52. The van der Waals surface area contributed by atoms with Crippen molar-refractivity contribution in [3.63, 3.8) is 0 Å². The van der Waals surface area contributed by atoms with Gasteiger partial charge in [-0.25, -0.2) is 0 Å². The van der Waals surface area contributed by atoms with Gasteiger partial charge < -0.3 is 5.11 Å². The summed E-state index contributed by atoms with van der Waals surface area (Å²) in [5, 5.41) is 10.4. The van der Waals surface area contributed by atoms with Gasteiger partial charge >= 0.3 is 0 Å². The van der Waals surface area contributed by atoms with Crippen molar-refractivity contribution in [3.05, 3.63) is 33.3 Å². The Kier molecular flexibility index (Phi) is 2.99. The third-order valence-corrected chi connectivity index (χ3v) is 2.57. The molecule has 1 atom stereocenters. The second-order valence-electron chi connectivity index (χ2n) is 2.79. The fourth-order valence-corrected chi connectivity index (χ4v) is 1.41. The molecule has 0 aliphatic carbocycles. The second-order valence-corrected chi connectivity index (χ2v) is 3.60. The predicted octanol–water partition coefficient (Wildman–Crippen LogP) is 3.36. The molecule has 1 aromatic rings. The molecular weight excluding hydrogens is 195 g/mol. The van der Waals surface area contributed by atoms with Crippen molar-refractivity contribution in [3.8, 4) is 0 Å². The molecule has 0 spiro atoms. The molecule has 66 valence electrons. The Hall–Kier alpha value is -0.240. The highest BCUT2D eigenvalue weighted by molar-refractivity contribution is 6.36.